The third-order valence-corrected chi connectivity index (χ3v) is 2.16. The Balaban J connectivity index is 4.05. The molecule has 60 valence electrons. The zero-order valence-electron chi connectivity index (χ0n) is 7.99. The number of hydrogen-bond acceptors (Lipinski definition) is 0. The highest BCUT2D eigenvalue weighted by Gasteiger charge is 1.99. The normalized spacial score (nSPS) is 13.8. The standard InChI is InChI=1S/C10H20/c1-6-7-9(4)10(5)8(2)3/h8H,6-7H2,1-5H3. The van der Waals surface area contributed by atoms with Crippen molar-refractivity contribution in [3.63, 3.8) is 0 Å². The van der Waals surface area contributed by atoms with E-state index in [4.69, 9.17) is 0 Å². The van der Waals surface area contributed by atoms with Gasteiger partial charge in [-0.25, -0.2) is 0 Å². The van der Waals surface area contributed by atoms with E-state index >= 15 is 0 Å². The third-order valence-electron chi connectivity index (χ3n) is 2.16. The molecule has 0 aromatic carbocycles. The highest BCUT2D eigenvalue weighted by Crippen LogP contribution is 2.16. The number of rotatable bonds is 3. The number of hydrogen-bond donors (Lipinski definition) is 0. The predicted octanol–water partition coefficient (Wildman–Crippen LogP) is 3.78. The van der Waals surface area contributed by atoms with E-state index in [0.29, 0.717) is 0 Å². The van der Waals surface area contributed by atoms with Crippen LogP contribution in [0.5, 0.6) is 0 Å². The van der Waals surface area contributed by atoms with Crippen molar-refractivity contribution in [3.8, 4) is 0 Å². The van der Waals surface area contributed by atoms with Gasteiger partial charge in [0.1, 0.15) is 0 Å². The van der Waals surface area contributed by atoms with E-state index in [0.717, 1.165) is 5.92 Å². The van der Waals surface area contributed by atoms with Crippen LogP contribution < -0.4 is 0 Å². The van der Waals surface area contributed by atoms with Crippen LogP contribution in [0.3, 0.4) is 0 Å². The van der Waals surface area contributed by atoms with Gasteiger partial charge >= 0.3 is 0 Å². The van der Waals surface area contributed by atoms with Crippen LogP contribution in [0.2, 0.25) is 0 Å². The summed E-state index contributed by atoms with van der Waals surface area (Å²) in [6.45, 7) is 11.2. The van der Waals surface area contributed by atoms with Crippen molar-refractivity contribution in [2.45, 2.75) is 47.5 Å². The largest absolute Gasteiger partial charge is 0.0741 e. The average Bonchev–Trinajstić information content (AvgIpc) is 1.87. The maximum atomic E-state index is 2.26. The minimum atomic E-state index is 0.728. The van der Waals surface area contributed by atoms with Crippen molar-refractivity contribution in [3.05, 3.63) is 11.1 Å². The summed E-state index contributed by atoms with van der Waals surface area (Å²) >= 11 is 0. The molecule has 0 aliphatic carbocycles. The van der Waals surface area contributed by atoms with Crippen molar-refractivity contribution < 1.29 is 0 Å². The summed E-state index contributed by atoms with van der Waals surface area (Å²) in [4.78, 5) is 0. The van der Waals surface area contributed by atoms with Crippen molar-refractivity contribution in [1.29, 1.82) is 0 Å². The first-order valence-electron chi connectivity index (χ1n) is 4.25. The Kier molecular flexibility index (Phi) is 4.42. The van der Waals surface area contributed by atoms with Gasteiger partial charge in [0, 0.05) is 0 Å². The molecule has 0 unspecified atom stereocenters. The van der Waals surface area contributed by atoms with Gasteiger partial charge in [-0.1, -0.05) is 38.3 Å². The van der Waals surface area contributed by atoms with E-state index in [1.807, 2.05) is 0 Å². The molecule has 0 rings (SSSR count). The summed E-state index contributed by atoms with van der Waals surface area (Å²) in [5.74, 6) is 0.728. The summed E-state index contributed by atoms with van der Waals surface area (Å²) in [6.07, 6.45) is 2.54. The Morgan fingerprint density at radius 1 is 1.20 bits per heavy atom. The lowest BCUT2D eigenvalue weighted by Gasteiger charge is -2.09. The molecule has 10 heavy (non-hydrogen) atoms. The Morgan fingerprint density at radius 2 is 1.70 bits per heavy atom. The molecule has 0 amide bonds. The lowest BCUT2D eigenvalue weighted by Crippen LogP contribution is -1.92. The Labute approximate surface area is 65.3 Å². The predicted molar refractivity (Wildman–Crippen MR) is 48.1 cm³/mol. The lowest BCUT2D eigenvalue weighted by molar-refractivity contribution is 0.737. The Bertz CT molecular complexity index is 118. The van der Waals surface area contributed by atoms with E-state index < -0.39 is 0 Å². The van der Waals surface area contributed by atoms with Crippen LogP contribution in [-0.4, -0.2) is 0 Å². The van der Waals surface area contributed by atoms with Crippen molar-refractivity contribution in [2.24, 2.45) is 5.92 Å². The molecule has 0 bridgehead atoms. The van der Waals surface area contributed by atoms with Gasteiger partial charge in [0.2, 0.25) is 0 Å². The zero-order chi connectivity index (χ0) is 8.15. The first kappa shape index (κ1) is 9.74. The molecular weight excluding hydrogens is 120 g/mol. The molecule has 0 atom stereocenters. The highest BCUT2D eigenvalue weighted by atomic mass is 14.1. The van der Waals surface area contributed by atoms with Crippen LogP contribution in [0.4, 0.5) is 0 Å². The Hall–Kier alpha value is -0.260. The second-order valence-electron chi connectivity index (χ2n) is 3.37. The first-order chi connectivity index (χ1) is 4.59. The van der Waals surface area contributed by atoms with Crippen LogP contribution in [0.1, 0.15) is 47.5 Å². The van der Waals surface area contributed by atoms with Gasteiger partial charge in [-0.05, 0) is 26.2 Å². The molecule has 0 saturated carbocycles. The van der Waals surface area contributed by atoms with Crippen LogP contribution in [0.15, 0.2) is 11.1 Å². The van der Waals surface area contributed by atoms with Gasteiger partial charge in [-0.3, -0.25) is 0 Å². The minimum absolute atomic E-state index is 0.728. The van der Waals surface area contributed by atoms with Crippen LogP contribution in [-0.2, 0) is 0 Å². The van der Waals surface area contributed by atoms with Crippen LogP contribution in [0.25, 0.3) is 0 Å². The van der Waals surface area contributed by atoms with E-state index in [1.54, 1.807) is 11.1 Å². The molecule has 0 fully saturated rings. The maximum Gasteiger partial charge on any atom is -0.0260 e. The van der Waals surface area contributed by atoms with Gasteiger partial charge in [-0.15, -0.1) is 0 Å². The molecule has 0 nitrogen and oxygen atoms in total. The fourth-order valence-corrected chi connectivity index (χ4v) is 1.06. The summed E-state index contributed by atoms with van der Waals surface area (Å²) in [6, 6.07) is 0. The summed E-state index contributed by atoms with van der Waals surface area (Å²) in [5.41, 5.74) is 3.15. The van der Waals surface area contributed by atoms with E-state index in [-0.39, 0.29) is 0 Å². The van der Waals surface area contributed by atoms with Crippen molar-refractivity contribution in [2.75, 3.05) is 0 Å². The first-order valence-corrected chi connectivity index (χ1v) is 4.25. The monoisotopic (exact) mass is 140 g/mol. The maximum absolute atomic E-state index is 2.26. The van der Waals surface area contributed by atoms with Gasteiger partial charge in [-0.2, -0.15) is 0 Å². The topological polar surface area (TPSA) is 0 Å². The lowest BCUT2D eigenvalue weighted by atomic mass is 9.97. The average molecular weight is 140 g/mol. The molecule has 0 aromatic heterocycles. The zero-order valence-corrected chi connectivity index (χ0v) is 7.99. The van der Waals surface area contributed by atoms with E-state index in [9.17, 15) is 0 Å². The second-order valence-corrected chi connectivity index (χ2v) is 3.37. The van der Waals surface area contributed by atoms with Crippen LogP contribution in [0, 0.1) is 5.92 Å². The molecule has 0 N–H and O–H groups in total. The van der Waals surface area contributed by atoms with Gasteiger partial charge in [0.25, 0.3) is 0 Å². The molecule has 0 heterocycles. The second kappa shape index (κ2) is 4.54. The van der Waals surface area contributed by atoms with Gasteiger partial charge in [0.15, 0.2) is 0 Å². The summed E-state index contributed by atoms with van der Waals surface area (Å²) in [7, 11) is 0. The van der Waals surface area contributed by atoms with Crippen molar-refractivity contribution >= 4 is 0 Å². The molecule has 0 saturated heterocycles. The highest BCUT2D eigenvalue weighted by molar-refractivity contribution is 5.11. The van der Waals surface area contributed by atoms with Gasteiger partial charge < -0.3 is 0 Å². The Morgan fingerprint density at radius 3 is 2.00 bits per heavy atom. The van der Waals surface area contributed by atoms with E-state index in [2.05, 4.69) is 34.6 Å². The van der Waals surface area contributed by atoms with Crippen molar-refractivity contribution in [1.82, 2.24) is 0 Å². The SMILES string of the molecule is CCCC(C)=C(C)C(C)C. The fourth-order valence-electron chi connectivity index (χ4n) is 1.06. The number of allylic oxidation sites excluding steroid dienone is 2. The minimum Gasteiger partial charge on any atom is -0.0741 e. The molecule has 0 aliphatic heterocycles. The quantitative estimate of drug-likeness (QED) is 0.523. The van der Waals surface area contributed by atoms with E-state index in [1.165, 1.54) is 12.8 Å². The summed E-state index contributed by atoms with van der Waals surface area (Å²) < 4.78 is 0. The van der Waals surface area contributed by atoms with Crippen LogP contribution >= 0.6 is 0 Å². The third kappa shape index (κ3) is 3.05. The smallest absolute Gasteiger partial charge is 0.0260 e. The fraction of sp³-hybridized carbons (Fsp3) is 0.800. The molecular formula is C10H20. The molecule has 0 heteroatoms. The molecule has 0 spiro atoms. The molecule has 0 aromatic rings. The molecule has 0 aliphatic rings. The summed E-state index contributed by atoms with van der Waals surface area (Å²) in [5, 5.41) is 0. The van der Waals surface area contributed by atoms with Gasteiger partial charge in [0.05, 0.1) is 0 Å². The molecule has 0 radical (unpaired) electrons.